The highest BCUT2D eigenvalue weighted by Crippen LogP contribution is 2.66. The zero-order chi connectivity index (χ0) is 29.6. The Morgan fingerprint density at radius 2 is 1.80 bits per heavy atom. The van der Waals surface area contributed by atoms with Crippen molar-refractivity contribution in [1.29, 1.82) is 0 Å². The molecule has 4 aliphatic rings. The number of Topliss-reactive ketones (excluding diaryl/α,β-unsaturated/α-hetero) is 2. The van der Waals surface area contributed by atoms with E-state index in [1.165, 1.54) is 6.92 Å². The first-order valence-corrected chi connectivity index (χ1v) is 14.0. The summed E-state index contributed by atoms with van der Waals surface area (Å²) >= 11 is 0. The molecule has 0 aromatic carbocycles. The molecule has 4 aliphatic carbocycles. The Morgan fingerprint density at radius 1 is 1.10 bits per heavy atom. The van der Waals surface area contributed by atoms with Crippen LogP contribution in [0.1, 0.15) is 78.6 Å². The molecular formula is C29H39NO10. The number of aliphatic hydroxyl groups is 2. The van der Waals surface area contributed by atoms with Crippen molar-refractivity contribution in [2.24, 2.45) is 28.6 Å². The summed E-state index contributed by atoms with van der Waals surface area (Å²) in [5.41, 5.74) is -2.21. The maximum atomic E-state index is 13.7. The number of hydrogen-bond donors (Lipinski definition) is 4. The number of ketones is 3. The fraction of sp³-hybridized carbons (Fsp3) is 0.724. The standard InChI is InChI=1S/C29H39NO10/c1-15(31)25(26(37)38)30-22(35)6-7-23(36)40-14-21(34)29(39)11-9-19-18-5-4-16-12-17(32)8-10-27(16,2)24(18)20(33)13-28(19,29)3/h12,15,18-19,24-25,31,39H,4-11,13-14H2,1-3H3,(H,30,35)(H,37,38). The summed E-state index contributed by atoms with van der Waals surface area (Å²) in [4.78, 5) is 74.4. The van der Waals surface area contributed by atoms with E-state index in [1.54, 1.807) is 13.0 Å². The molecule has 1 amide bonds. The molecule has 4 N–H and O–H groups in total. The van der Waals surface area contributed by atoms with Gasteiger partial charge < -0.3 is 25.4 Å². The highest BCUT2D eigenvalue weighted by atomic mass is 16.5. The molecule has 0 radical (unpaired) electrons. The molecule has 0 bridgehead atoms. The number of hydrogen-bond acceptors (Lipinski definition) is 9. The van der Waals surface area contributed by atoms with Crippen molar-refractivity contribution in [3.05, 3.63) is 11.6 Å². The summed E-state index contributed by atoms with van der Waals surface area (Å²) in [7, 11) is 0. The van der Waals surface area contributed by atoms with Crippen LogP contribution in [0, 0.1) is 28.6 Å². The third-order valence-corrected chi connectivity index (χ3v) is 10.3. The molecule has 0 heterocycles. The van der Waals surface area contributed by atoms with E-state index in [0.29, 0.717) is 32.1 Å². The van der Waals surface area contributed by atoms with Gasteiger partial charge in [-0.3, -0.25) is 24.0 Å². The fourth-order valence-corrected chi connectivity index (χ4v) is 8.03. The van der Waals surface area contributed by atoms with Crippen LogP contribution in [0.3, 0.4) is 0 Å². The molecule has 220 valence electrons. The van der Waals surface area contributed by atoms with Gasteiger partial charge in [0.1, 0.15) is 11.4 Å². The number of carboxylic acid groups (broad SMARTS) is 1. The second kappa shape index (κ2) is 10.8. The van der Waals surface area contributed by atoms with Crippen molar-refractivity contribution < 1.29 is 48.8 Å². The number of aliphatic hydroxyl groups excluding tert-OH is 1. The Balaban J connectivity index is 1.38. The zero-order valence-electron chi connectivity index (χ0n) is 23.2. The molecule has 0 spiro atoms. The van der Waals surface area contributed by atoms with Gasteiger partial charge in [0, 0.05) is 30.6 Å². The van der Waals surface area contributed by atoms with Crippen molar-refractivity contribution in [2.45, 2.75) is 96.3 Å². The van der Waals surface area contributed by atoms with Crippen molar-refractivity contribution in [3.8, 4) is 0 Å². The molecule has 8 unspecified atom stereocenters. The lowest BCUT2D eigenvalue weighted by molar-refractivity contribution is -0.173. The first-order chi connectivity index (χ1) is 18.6. The quantitative estimate of drug-likeness (QED) is 0.299. The van der Waals surface area contributed by atoms with Gasteiger partial charge in [-0.05, 0) is 62.4 Å². The van der Waals surface area contributed by atoms with Crippen LogP contribution >= 0.6 is 0 Å². The highest BCUT2D eigenvalue weighted by molar-refractivity contribution is 5.95. The summed E-state index contributed by atoms with van der Waals surface area (Å²) in [5, 5.41) is 32.3. The molecule has 0 saturated heterocycles. The minimum atomic E-state index is -1.85. The number of carboxylic acids is 1. The molecule has 40 heavy (non-hydrogen) atoms. The molecule has 0 aromatic heterocycles. The van der Waals surface area contributed by atoms with Gasteiger partial charge in [0.2, 0.25) is 11.7 Å². The lowest BCUT2D eigenvalue weighted by atomic mass is 9.46. The number of carbonyl (C=O) groups excluding carboxylic acids is 5. The van der Waals surface area contributed by atoms with Crippen molar-refractivity contribution in [3.63, 3.8) is 0 Å². The van der Waals surface area contributed by atoms with Gasteiger partial charge in [-0.1, -0.05) is 19.4 Å². The SMILES string of the molecule is CC(O)C(NC(=O)CCC(=O)OCC(=O)C1(O)CCC2C3CCC4=CC(=O)CCC4(C)C3C(=O)CC21C)C(=O)O. The minimum absolute atomic E-state index is 0.000746. The molecule has 3 fully saturated rings. The van der Waals surface area contributed by atoms with Gasteiger partial charge in [-0.25, -0.2) is 4.79 Å². The van der Waals surface area contributed by atoms with E-state index >= 15 is 0 Å². The van der Waals surface area contributed by atoms with Crippen LogP contribution in [0.4, 0.5) is 0 Å². The van der Waals surface area contributed by atoms with Gasteiger partial charge in [-0.15, -0.1) is 0 Å². The number of ether oxygens (including phenoxy) is 1. The Labute approximate surface area is 232 Å². The van der Waals surface area contributed by atoms with Crippen molar-refractivity contribution in [2.75, 3.05) is 6.61 Å². The number of rotatable bonds is 9. The summed E-state index contributed by atoms with van der Waals surface area (Å²) in [6.07, 6.45) is 2.73. The van der Waals surface area contributed by atoms with E-state index in [-0.39, 0.29) is 47.6 Å². The Hall–Kier alpha value is -2.92. The monoisotopic (exact) mass is 561 g/mol. The van der Waals surface area contributed by atoms with Crippen LogP contribution in [0.5, 0.6) is 0 Å². The van der Waals surface area contributed by atoms with Crippen LogP contribution in [-0.4, -0.2) is 74.9 Å². The minimum Gasteiger partial charge on any atom is -0.480 e. The summed E-state index contributed by atoms with van der Waals surface area (Å²) in [5.74, 6) is -4.01. The van der Waals surface area contributed by atoms with E-state index < -0.39 is 66.2 Å². The summed E-state index contributed by atoms with van der Waals surface area (Å²) in [6.45, 7) is 4.35. The van der Waals surface area contributed by atoms with Gasteiger partial charge in [-0.2, -0.15) is 0 Å². The summed E-state index contributed by atoms with van der Waals surface area (Å²) < 4.78 is 5.07. The number of fused-ring (bicyclic) bond motifs is 5. The molecule has 0 aliphatic heterocycles. The second-order valence-corrected chi connectivity index (χ2v) is 12.5. The predicted octanol–water partition coefficient (Wildman–Crippen LogP) is 1.27. The molecule has 3 saturated carbocycles. The lowest BCUT2D eigenvalue weighted by Gasteiger charge is -2.57. The van der Waals surface area contributed by atoms with E-state index in [9.17, 15) is 39.0 Å². The Morgan fingerprint density at radius 3 is 2.45 bits per heavy atom. The fourth-order valence-electron chi connectivity index (χ4n) is 8.03. The molecule has 4 rings (SSSR count). The largest absolute Gasteiger partial charge is 0.480 e. The van der Waals surface area contributed by atoms with Gasteiger partial charge in [0.15, 0.2) is 18.4 Å². The topological polar surface area (TPSA) is 184 Å². The van der Waals surface area contributed by atoms with Gasteiger partial charge in [0.05, 0.1) is 12.5 Å². The number of aliphatic carboxylic acids is 1. The van der Waals surface area contributed by atoms with E-state index in [0.717, 1.165) is 5.57 Å². The van der Waals surface area contributed by atoms with Crippen LogP contribution in [-0.2, 0) is 33.5 Å². The maximum Gasteiger partial charge on any atom is 0.328 e. The first-order valence-electron chi connectivity index (χ1n) is 14.0. The average molecular weight is 562 g/mol. The van der Waals surface area contributed by atoms with E-state index in [4.69, 9.17) is 9.84 Å². The van der Waals surface area contributed by atoms with Gasteiger partial charge in [0.25, 0.3) is 0 Å². The maximum absolute atomic E-state index is 13.7. The molecule has 0 aromatic rings. The van der Waals surface area contributed by atoms with Crippen LogP contribution in [0.2, 0.25) is 0 Å². The van der Waals surface area contributed by atoms with Crippen LogP contribution < -0.4 is 5.32 Å². The number of carbonyl (C=O) groups is 6. The Kier molecular flexibility index (Phi) is 8.12. The smallest absolute Gasteiger partial charge is 0.328 e. The first kappa shape index (κ1) is 30.0. The third kappa shape index (κ3) is 5.02. The number of amides is 1. The number of allylic oxidation sites excluding steroid dienone is 1. The van der Waals surface area contributed by atoms with Crippen LogP contribution in [0.25, 0.3) is 0 Å². The van der Waals surface area contributed by atoms with E-state index in [1.807, 2.05) is 0 Å². The highest BCUT2D eigenvalue weighted by Gasteiger charge is 2.68. The molecule has 11 nitrogen and oxygen atoms in total. The Bertz CT molecular complexity index is 1160. The van der Waals surface area contributed by atoms with E-state index in [2.05, 4.69) is 12.2 Å². The van der Waals surface area contributed by atoms with Crippen molar-refractivity contribution in [1.82, 2.24) is 5.32 Å². The zero-order valence-corrected chi connectivity index (χ0v) is 23.2. The predicted molar refractivity (Wildman–Crippen MR) is 138 cm³/mol. The molecule has 11 heteroatoms. The summed E-state index contributed by atoms with van der Waals surface area (Å²) in [6, 6.07) is -1.52. The normalized spacial score (nSPS) is 36.3. The van der Waals surface area contributed by atoms with Gasteiger partial charge >= 0.3 is 11.9 Å². The number of nitrogens with one attached hydrogen (secondary N) is 1. The second-order valence-electron chi connectivity index (χ2n) is 12.5. The third-order valence-electron chi connectivity index (χ3n) is 10.3. The average Bonchev–Trinajstić information content (AvgIpc) is 3.15. The molecule has 8 atom stereocenters. The van der Waals surface area contributed by atoms with Crippen molar-refractivity contribution >= 4 is 35.2 Å². The molecular weight excluding hydrogens is 522 g/mol. The number of esters is 1. The lowest BCUT2D eigenvalue weighted by Crippen LogP contribution is -2.61. The van der Waals surface area contributed by atoms with Crippen LogP contribution in [0.15, 0.2) is 11.6 Å².